The average molecular weight is 493 g/mol. The van der Waals surface area contributed by atoms with E-state index in [1.165, 1.54) is 30.3 Å². The molecule has 0 spiro atoms. The van der Waals surface area contributed by atoms with Crippen molar-refractivity contribution in [1.29, 1.82) is 0 Å². The summed E-state index contributed by atoms with van der Waals surface area (Å²) in [7, 11) is 0. The molecule has 34 heavy (non-hydrogen) atoms. The minimum absolute atomic E-state index is 0.0583. The molecule has 0 aliphatic carbocycles. The quantitative estimate of drug-likeness (QED) is 0.236. The molecule has 2 rings (SSSR count). The minimum Gasteiger partial charge on any atom is -0.508 e. The van der Waals surface area contributed by atoms with E-state index in [9.17, 15) is 34.2 Å². The summed E-state index contributed by atoms with van der Waals surface area (Å²) in [6.07, 6.45) is -0.633. The molecule has 2 aromatic carbocycles. The van der Waals surface area contributed by atoms with Crippen LogP contribution < -0.4 is 21.7 Å². The lowest BCUT2D eigenvalue weighted by molar-refractivity contribution is -0.140. The van der Waals surface area contributed by atoms with Gasteiger partial charge in [0.15, 0.2) is 0 Å². The number of phenolic OH excluding ortho intramolecular Hbond substituents is 1. The van der Waals surface area contributed by atoms with E-state index in [0.717, 1.165) is 12.1 Å². The number of halogens is 1. The summed E-state index contributed by atoms with van der Waals surface area (Å²) in [6.45, 7) is -0.735. The van der Waals surface area contributed by atoms with Crippen LogP contribution in [0.3, 0.4) is 0 Å². The van der Waals surface area contributed by atoms with Crippen LogP contribution in [0.15, 0.2) is 42.5 Å². The number of carbonyl (C=O) groups excluding carboxylic acids is 4. The standard InChI is InChI=1S/C21H21ClN4O8/c22-14-6-10(4-5-13(14)19(31)25-15(21(33)34)8-17(23)29)18(30)26-16(9-27)20(32)24-11-2-1-3-12(28)7-11/h1-7,15-16,27-28H,8-9H2,(H2,23,29)(H,24,32)(H,25,31)(H,26,30)(H,33,34)/t15-,16+/m0/s1. The molecule has 0 unspecified atom stereocenters. The third kappa shape index (κ3) is 7.18. The molecular weight excluding hydrogens is 472 g/mol. The Morgan fingerprint density at radius 2 is 1.65 bits per heavy atom. The Morgan fingerprint density at radius 3 is 2.21 bits per heavy atom. The summed E-state index contributed by atoms with van der Waals surface area (Å²) in [4.78, 5) is 59.3. The van der Waals surface area contributed by atoms with Crippen LogP contribution in [0, 0.1) is 0 Å². The number of phenols is 1. The van der Waals surface area contributed by atoms with Crippen molar-refractivity contribution >= 4 is 46.9 Å². The molecule has 0 aromatic heterocycles. The molecule has 12 nitrogen and oxygen atoms in total. The number of aliphatic carboxylic acids is 1. The second kappa shape index (κ2) is 11.6. The summed E-state index contributed by atoms with van der Waals surface area (Å²) in [6, 6.07) is 6.19. The number of carbonyl (C=O) groups is 5. The van der Waals surface area contributed by atoms with Crippen LogP contribution in [0.1, 0.15) is 27.1 Å². The lowest BCUT2D eigenvalue weighted by Crippen LogP contribution is -2.46. The topological polar surface area (TPSA) is 208 Å². The Hall–Kier alpha value is -4.16. The molecule has 0 saturated heterocycles. The van der Waals surface area contributed by atoms with E-state index in [2.05, 4.69) is 16.0 Å². The van der Waals surface area contributed by atoms with Gasteiger partial charge in [-0.15, -0.1) is 0 Å². The Bertz CT molecular complexity index is 1120. The number of primary amides is 1. The van der Waals surface area contributed by atoms with E-state index in [1.807, 2.05) is 0 Å². The van der Waals surface area contributed by atoms with Crippen molar-refractivity contribution < 1.29 is 39.3 Å². The molecule has 0 aliphatic heterocycles. The van der Waals surface area contributed by atoms with Gasteiger partial charge < -0.3 is 37.0 Å². The molecule has 180 valence electrons. The summed E-state index contributed by atoms with van der Waals surface area (Å²) < 4.78 is 0. The fourth-order valence-corrected chi connectivity index (χ4v) is 2.99. The van der Waals surface area contributed by atoms with Crippen LogP contribution in [0.5, 0.6) is 5.75 Å². The van der Waals surface area contributed by atoms with Gasteiger partial charge in [0.2, 0.25) is 11.8 Å². The number of aliphatic hydroxyl groups is 1. The minimum atomic E-state index is -1.57. The number of aliphatic hydroxyl groups excluding tert-OH is 1. The van der Waals surface area contributed by atoms with Gasteiger partial charge >= 0.3 is 5.97 Å². The van der Waals surface area contributed by atoms with Crippen molar-refractivity contribution in [2.75, 3.05) is 11.9 Å². The van der Waals surface area contributed by atoms with Gasteiger partial charge in [-0.25, -0.2) is 4.79 Å². The van der Waals surface area contributed by atoms with Crippen molar-refractivity contribution in [3.8, 4) is 5.75 Å². The highest BCUT2D eigenvalue weighted by molar-refractivity contribution is 6.34. The highest BCUT2D eigenvalue weighted by atomic mass is 35.5. The van der Waals surface area contributed by atoms with E-state index >= 15 is 0 Å². The number of aromatic hydroxyl groups is 1. The Labute approximate surface area is 197 Å². The first-order valence-corrected chi connectivity index (χ1v) is 10.0. The second-order valence-electron chi connectivity index (χ2n) is 6.98. The smallest absolute Gasteiger partial charge is 0.326 e. The monoisotopic (exact) mass is 492 g/mol. The van der Waals surface area contributed by atoms with Crippen LogP contribution in [0.25, 0.3) is 0 Å². The lowest BCUT2D eigenvalue weighted by Gasteiger charge is -2.17. The summed E-state index contributed by atoms with van der Waals surface area (Å²) in [5, 5.41) is 34.7. The van der Waals surface area contributed by atoms with E-state index in [1.54, 1.807) is 0 Å². The predicted molar refractivity (Wildman–Crippen MR) is 119 cm³/mol. The molecule has 2 atom stereocenters. The number of carboxylic acid groups (broad SMARTS) is 1. The largest absolute Gasteiger partial charge is 0.508 e. The number of nitrogens with one attached hydrogen (secondary N) is 3. The van der Waals surface area contributed by atoms with E-state index in [4.69, 9.17) is 22.4 Å². The Kier molecular flexibility index (Phi) is 8.93. The SMILES string of the molecule is NC(=O)C[C@H](NC(=O)c1ccc(C(=O)N[C@H](CO)C(=O)Nc2cccc(O)c2)cc1Cl)C(=O)O. The highest BCUT2D eigenvalue weighted by Crippen LogP contribution is 2.19. The fourth-order valence-electron chi connectivity index (χ4n) is 2.73. The molecule has 0 heterocycles. The fraction of sp³-hybridized carbons (Fsp3) is 0.190. The number of hydrogen-bond acceptors (Lipinski definition) is 7. The van der Waals surface area contributed by atoms with Crippen LogP contribution in [-0.4, -0.2) is 63.6 Å². The molecule has 13 heteroatoms. The van der Waals surface area contributed by atoms with Crippen LogP contribution in [0.4, 0.5) is 5.69 Å². The van der Waals surface area contributed by atoms with Gasteiger partial charge in [0.25, 0.3) is 11.8 Å². The van der Waals surface area contributed by atoms with Gasteiger partial charge in [0.05, 0.1) is 23.6 Å². The maximum absolute atomic E-state index is 12.5. The van der Waals surface area contributed by atoms with Gasteiger partial charge in [0, 0.05) is 17.3 Å². The highest BCUT2D eigenvalue weighted by Gasteiger charge is 2.25. The van der Waals surface area contributed by atoms with Crippen molar-refractivity contribution in [2.45, 2.75) is 18.5 Å². The van der Waals surface area contributed by atoms with Crippen molar-refractivity contribution in [2.24, 2.45) is 5.73 Å². The molecule has 2 aromatic rings. The first kappa shape index (κ1) is 26.1. The molecule has 0 radical (unpaired) electrons. The number of carboxylic acids is 1. The molecule has 0 fully saturated rings. The van der Waals surface area contributed by atoms with Crippen molar-refractivity contribution in [3.63, 3.8) is 0 Å². The summed E-state index contributed by atoms with van der Waals surface area (Å²) >= 11 is 6.06. The van der Waals surface area contributed by atoms with Crippen LogP contribution >= 0.6 is 11.6 Å². The molecule has 8 N–H and O–H groups in total. The Balaban J connectivity index is 2.09. The zero-order chi connectivity index (χ0) is 25.4. The Morgan fingerprint density at radius 1 is 0.971 bits per heavy atom. The number of nitrogens with two attached hydrogens (primary N) is 1. The molecular formula is C21H21ClN4O8. The van der Waals surface area contributed by atoms with Gasteiger partial charge in [-0.1, -0.05) is 17.7 Å². The third-order valence-corrected chi connectivity index (χ3v) is 4.72. The van der Waals surface area contributed by atoms with E-state index in [0.29, 0.717) is 0 Å². The van der Waals surface area contributed by atoms with Gasteiger partial charge in [-0.05, 0) is 30.3 Å². The van der Waals surface area contributed by atoms with Crippen molar-refractivity contribution in [1.82, 2.24) is 10.6 Å². The van der Waals surface area contributed by atoms with Crippen LogP contribution in [0.2, 0.25) is 5.02 Å². The number of anilines is 1. The van der Waals surface area contributed by atoms with Crippen molar-refractivity contribution in [3.05, 3.63) is 58.6 Å². The predicted octanol–water partition coefficient (Wildman–Crippen LogP) is -0.167. The molecule has 0 saturated carbocycles. The lowest BCUT2D eigenvalue weighted by atomic mass is 10.1. The first-order chi connectivity index (χ1) is 16.0. The maximum atomic E-state index is 12.5. The summed E-state index contributed by atoms with van der Waals surface area (Å²) in [5.74, 6) is -4.96. The number of benzene rings is 2. The van der Waals surface area contributed by atoms with Crippen LogP contribution in [-0.2, 0) is 14.4 Å². The van der Waals surface area contributed by atoms with Gasteiger partial charge in [-0.3, -0.25) is 19.2 Å². The van der Waals surface area contributed by atoms with Gasteiger partial charge in [0.1, 0.15) is 17.8 Å². The molecule has 0 bridgehead atoms. The molecule has 0 aliphatic rings. The zero-order valence-corrected chi connectivity index (χ0v) is 18.2. The van der Waals surface area contributed by atoms with Gasteiger partial charge in [-0.2, -0.15) is 0 Å². The normalized spacial score (nSPS) is 12.2. The molecule has 4 amide bonds. The number of amides is 4. The number of rotatable bonds is 10. The van der Waals surface area contributed by atoms with E-state index in [-0.39, 0.29) is 27.6 Å². The summed E-state index contributed by atoms with van der Waals surface area (Å²) in [5.41, 5.74) is 4.98. The third-order valence-electron chi connectivity index (χ3n) is 4.40. The maximum Gasteiger partial charge on any atom is 0.326 e. The van der Waals surface area contributed by atoms with E-state index < -0.39 is 54.7 Å². The second-order valence-corrected chi connectivity index (χ2v) is 7.38. The zero-order valence-electron chi connectivity index (χ0n) is 17.4. The average Bonchev–Trinajstić information content (AvgIpc) is 2.76. The first-order valence-electron chi connectivity index (χ1n) is 9.65. The number of hydrogen-bond donors (Lipinski definition) is 7.